The fourth-order valence-corrected chi connectivity index (χ4v) is 2.90. The zero-order valence-electron chi connectivity index (χ0n) is 15.3. The number of hydrogen-bond donors (Lipinski definition) is 2. The van der Waals surface area contributed by atoms with E-state index in [-0.39, 0.29) is 5.91 Å². The monoisotopic (exact) mass is 404 g/mol. The van der Waals surface area contributed by atoms with E-state index in [0.29, 0.717) is 34.3 Å². The quantitative estimate of drug-likeness (QED) is 0.388. The average molecular weight is 405 g/mol. The molecule has 0 bridgehead atoms. The van der Waals surface area contributed by atoms with Gasteiger partial charge in [-0.05, 0) is 42.0 Å². The molecule has 0 aliphatic carbocycles. The molecule has 2 aromatic heterocycles. The highest BCUT2D eigenvalue weighted by Gasteiger charge is 2.09. The second-order valence-electron chi connectivity index (χ2n) is 6.41. The van der Waals surface area contributed by atoms with Crippen molar-refractivity contribution in [3.8, 4) is 11.3 Å². The van der Waals surface area contributed by atoms with Crippen LogP contribution in [-0.2, 0) is 6.54 Å². The number of halogens is 1. The molecule has 29 heavy (non-hydrogen) atoms. The third-order valence-corrected chi connectivity index (χ3v) is 4.56. The summed E-state index contributed by atoms with van der Waals surface area (Å²) in [5, 5.41) is 11.6. The number of pyridine rings is 1. The van der Waals surface area contributed by atoms with Crippen molar-refractivity contribution in [2.45, 2.75) is 6.54 Å². The lowest BCUT2D eigenvalue weighted by Gasteiger charge is -2.08. The second kappa shape index (κ2) is 8.12. The Morgan fingerprint density at radius 1 is 1.07 bits per heavy atom. The van der Waals surface area contributed by atoms with Crippen LogP contribution in [0.5, 0.6) is 0 Å². The van der Waals surface area contributed by atoms with Gasteiger partial charge in [0.05, 0.1) is 24.1 Å². The van der Waals surface area contributed by atoms with Crippen LogP contribution < -0.4 is 11.1 Å². The maximum absolute atomic E-state index is 12.4. The molecule has 4 aromatic rings. The molecular formula is C21H17ClN6O. The van der Waals surface area contributed by atoms with E-state index < -0.39 is 0 Å². The number of hydrogen-bond acceptors (Lipinski definition) is 5. The van der Waals surface area contributed by atoms with Crippen molar-refractivity contribution in [3.63, 3.8) is 0 Å². The number of nitrogen functional groups attached to an aromatic ring is 1. The third-order valence-electron chi connectivity index (χ3n) is 4.33. The van der Waals surface area contributed by atoms with Crippen molar-refractivity contribution in [3.05, 3.63) is 89.3 Å². The molecule has 0 radical (unpaired) electrons. The molecule has 7 nitrogen and oxygen atoms in total. The summed E-state index contributed by atoms with van der Waals surface area (Å²) in [7, 11) is 0. The van der Waals surface area contributed by atoms with Gasteiger partial charge >= 0.3 is 0 Å². The van der Waals surface area contributed by atoms with E-state index in [4.69, 9.17) is 17.3 Å². The zero-order chi connectivity index (χ0) is 20.2. The van der Waals surface area contributed by atoms with Crippen LogP contribution in [0.2, 0.25) is 5.15 Å². The molecule has 2 heterocycles. The van der Waals surface area contributed by atoms with Gasteiger partial charge in [-0.25, -0.2) is 9.67 Å². The molecule has 144 valence electrons. The maximum Gasteiger partial charge on any atom is 0.255 e. The van der Waals surface area contributed by atoms with E-state index >= 15 is 0 Å². The van der Waals surface area contributed by atoms with E-state index in [1.54, 1.807) is 41.2 Å². The fourth-order valence-electron chi connectivity index (χ4n) is 2.79. The van der Waals surface area contributed by atoms with Gasteiger partial charge in [-0.15, -0.1) is 5.10 Å². The highest BCUT2D eigenvalue weighted by molar-refractivity contribution is 6.29. The van der Waals surface area contributed by atoms with Crippen molar-refractivity contribution < 1.29 is 4.79 Å². The first-order chi connectivity index (χ1) is 14.1. The van der Waals surface area contributed by atoms with Gasteiger partial charge in [0.15, 0.2) is 0 Å². The van der Waals surface area contributed by atoms with Crippen molar-refractivity contribution >= 4 is 28.9 Å². The van der Waals surface area contributed by atoms with Crippen molar-refractivity contribution in [1.29, 1.82) is 0 Å². The Labute approximate surface area is 172 Å². The molecular weight excluding hydrogens is 388 g/mol. The number of nitrogens with zero attached hydrogens (tertiary/aromatic N) is 4. The maximum atomic E-state index is 12.4. The molecule has 0 fully saturated rings. The number of nitrogens with two attached hydrogens (primary N) is 1. The van der Waals surface area contributed by atoms with E-state index in [0.717, 1.165) is 11.1 Å². The smallest absolute Gasteiger partial charge is 0.255 e. The number of nitrogens with one attached hydrogen (secondary N) is 1. The summed E-state index contributed by atoms with van der Waals surface area (Å²) < 4.78 is 1.73. The summed E-state index contributed by atoms with van der Waals surface area (Å²) in [6.45, 7) is 0.529. The molecule has 0 saturated heterocycles. The number of aromatic nitrogens is 4. The summed E-state index contributed by atoms with van der Waals surface area (Å²) in [4.78, 5) is 16.5. The highest BCUT2D eigenvalue weighted by atomic mass is 35.5. The minimum Gasteiger partial charge on any atom is -0.397 e. The van der Waals surface area contributed by atoms with Gasteiger partial charge < -0.3 is 11.1 Å². The Kier molecular flexibility index (Phi) is 5.22. The van der Waals surface area contributed by atoms with Crippen LogP contribution in [0.1, 0.15) is 15.9 Å². The van der Waals surface area contributed by atoms with Gasteiger partial charge in [0, 0.05) is 17.3 Å². The van der Waals surface area contributed by atoms with Crippen LogP contribution >= 0.6 is 11.6 Å². The minimum absolute atomic E-state index is 0.215. The molecule has 0 aliphatic heterocycles. The summed E-state index contributed by atoms with van der Waals surface area (Å²) >= 11 is 5.81. The Bertz CT molecular complexity index is 1140. The largest absolute Gasteiger partial charge is 0.397 e. The molecule has 0 unspecified atom stereocenters. The molecule has 0 atom stereocenters. The second-order valence-corrected chi connectivity index (χ2v) is 6.80. The van der Waals surface area contributed by atoms with Gasteiger partial charge in [-0.3, -0.25) is 4.79 Å². The summed E-state index contributed by atoms with van der Waals surface area (Å²) in [5.74, 6) is -0.215. The van der Waals surface area contributed by atoms with Crippen LogP contribution in [0, 0.1) is 0 Å². The summed E-state index contributed by atoms with van der Waals surface area (Å²) in [5.41, 5.74) is 10.1. The van der Waals surface area contributed by atoms with Crippen LogP contribution in [0.15, 0.2) is 73.1 Å². The van der Waals surface area contributed by atoms with Gasteiger partial charge in [0.2, 0.25) is 0 Å². The Morgan fingerprint density at radius 3 is 2.59 bits per heavy atom. The van der Waals surface area contributed by atoms with Gasteiger partial charge in [-0.2, -0.15) is 0 Å². The average Bonchev–Trinajstić information content (AvgIpc) is 3.19. The topological polar surface area (TPSA) is 98.7 Å². The molecule has 8 heteroatoms. The Morgan fingerprint density at radius 2 is 1.86 bits per heavy atom. The Balaban J connectivity index is 1.43. The number of anilines is 2. The Hall–Kier alpha value is -3.71. The first-order valence-corrected chi connectivity index (χ1v) is 9.23. The summed E-state index contributed by atoms with van der Waals surface area (Å²) in [6, 6.07) is 18.0. The predicted molar refractivity (Wildman–Crippen MR) is 113 cm³/mol. The van der Waals surface area contributed by atoms with Crippen LogP contribution in [-0.4, -0.2) is 25.9 Å². The van der Waals surface area contributed by atoms with E-state index in [1.807, 2.05) is 36.5 Å². The van der Waals surface area contributed by atoms with Gasteiger partial charge in [0.1, 0.15) is 10.8 Å². The number of carbonyl (C=O) groups excluding carboxylic acids is 1. The minimum atomic E-state index is -0.215. The molecule has 4 rings (SSSR count). The first kappa shape index (κ1) is 18.6. The number of amides is 1. The lowest BCUT2D eigenvalue weighted by atomic mass is 10.1. The lowest BCUT2D eigenvalue weighted by molar-refractivity contribution is 0.102. The zero-order valence-corrected chi connectivity index (χ0v) is 16.0. The number of rotatable bonds is 5. The normalized spacial score (nSPS) is 10.7. The summed E-state index contributed by atoms with van der Waals surface area (Å²) in [6.07, 6.45) is 3.49. The standard InChI is InChI=1S/C21H17ClN6O/c22-20-10-9-16(11-24-20)19-13-28(27-26-19)12-14-5-7-15(8-6-14)21(29)25-18-4-2-1-3-17(18)23/h1-11,13H,12,23H2,(H,25,29). The van der Waals surface area contributed by atoms with Crippen LogP contribution in [0.3, 0.4) is 0 Å². The highest BCUT2D eigenvalue weighted by Crippen LogP contribution is 2.19. The molecule has 0 spiro atoms. The van der Waals surface area contributed by atoms with E-state index in [2.05, 4.69) is 20.6 Å². The molecule has 1 amide bonds. The van der Waals surface area contributed by atoms with Crippen LogP contribution in [0.4, 0.5) is 11.4 Å². The van der Waals surface area contributed by atoms with Crippen molar-refractivity contribution in [2.75, 3.05) is 11.1 Å². The molecule has 2 aromatic carbocycles. The van der Waals surface area contributed by atoms with Crippen LogP contribution in [0.25, 0.3) is 11.3 Å². The number of para-hydroxylation sites is 2. The fraction of sp³-hybridized carbons (Fsp3) is 0.0476. The van der Waals surface area contributed by atoms with Crippen molar-refractivity contribution in [2.24, 2.45) is 0 Å². The van der Waals surface area contributed by atoms with Gasteiger partial charge in [-0.1, -0.05) is 41.1 Å². The van der Waals surface area contributed by atoms with E-state index in [1.165, 1.54) is 0 Å². The number of carbonyl (C=O) groups is 1. The molecule has 0 aliphatic rings. The first-order valence-electron chi connectivity index (χ1n) is 8.85. The lowest BCUT2D eigenvalue weighted by Crippen LogP contribution is -2.13. The molecule has 3 N–H and O–H groups in total. The molecule has 0 saturated carbocycles. The SMILES string of the molecule is Nc1ccccc1NC(=O)c1ccc(Cn2cc(-c3ccc(Cl)nc3)nn2)cc1. The predicted octanol–water partition coefficient (Wildman–Crippen LogP) is 3.88. The van der Waals surface area contributed by atoms with Gasteiger partial charge in [0.25, 0.3) is 5.91 Å². The third kappa shape index (κ3) is 4.41. The van der Waals surface area contributed by atoms with E-state index in [9.17, 15) is 4.79 Å². The van der Waals surface area contributed by atoms with Crippen molar-refractivity contribution in [1.82, 2.24) is 20.0 Å². The number of benzene rings is 2.